The van der Waals surface area contributed by atoms with Crippen LogP contribution in [0.15, 0.2) is 12.1 Å². The van der Waals surface area contributed by atoms with Gasteiger partial charge in [0.1, 0.15) is 0 Å². The first-order chi connectivity index (χ1) is 8.79. The number of rotatable bonds is 7. The maximum absolute atomic E-state index is 11.5. The number of unbranched alkanes of at least 4 members (excludes halogenated alkanes) is 2. The van der Waals surface area contributed by atoms with Crippen molar-refractivity contribution in [3.05, 3.63) is 12.1 Å². The van der Waals surface area contributed by atoms with Crippen molar-refractivity contribution in [3.63, 3.8) is 0 Å². The summed E-state index contributed by atoms with van der Waals surface area (Å²) in [6, 6.07) is 2.50. The van der Waals surface area contributed by atoms with Gasteiger partial charge in [0.2, 0.25) is 11.8 Å². The summed E-state index contributed by atoms with van der Waals surface area (Å²) in [5.74, 6) is -1.07. The first kappa shape index (κ1) is 15.9. The number of carbonyl (C=O) groups is 1. The average Bonchev–Trinajstić information content (AvgIpc) is 2.59. The third kappa shape index (κ3) is 6.00. The van der Waals surface area contributed by atoms with Crippen LogP contribution in [0.25, 0.3) is 0 Å². The Hall–Kier alpha value is -1.17. The van der Waals surface area contributed by atoms with Gasteiger partial charge in [0.05, 0.1) is 0 Å². The standard InChI is InChI=1S/C13H20BrNO4/c1-13(2,14)9-5-3-4-6-12(18)19-15-10(16)7-8-11(15)17/h7-8,16-17H,3-6,9H2,1-2H3. The zero-order valence-electron chi connectivity index (χ0n) is 11.2. The summed E-state index contributed by atoms with van der Waals surface area (Å²) in [5.41, 5.74) is 0. The van der Waals surface area contributed by atoms with Gasteiger partial charge in [-0.3, -0.25) is 0 Å². The van der Waals surface area contributed by atoms with Crippen LogP contribution < -0.4 is 4.84 Å². The van der Waals surface area contributed by atoms with E-state index in [1.54, 1.807) is 0 Å². The van der Waals surface area contributed by atoms with Crippen LogP contribution in [0.2, 0.25) is 0 Å². The third-order valence-electron chi connectivity index (χ3n) is 2.64. The third-order valence-corrected chi connectivity index (χ3v) is 3.04. The molecular weight excluding hydrogens is 314 g/mol. The number of carbonyl (C=O) groups excluding carboxylic acids is 1. The fraction of sp³-hybridized carbons (Fsp3) is 0.615. The second kappa shape index (κ2) is 6.84. The highest BCUT2D eigenvalue weighted by molar-refractivity contribution is 9.10. The summed E-state index contributed by atoms with van der Waals surface area (Å²) >= 11 is 3.56. The highest BCUT2D eigenvalue weighted by Crippen LogP contribution is 2.23. The lowest BCUT2D eigenvalue weighted by molar-refractivity contribution is -0.145. The van der Waals surface area contributed by atoms with Gasteiger partial charge in [0, 0.05) is 22.9 Å². The van der Waals surface area contributed by atoms with Crippen LogP contribution >= 0.6 is 15.9 Å². The highest BCUT2D eigenvalue weighted by atomic mass is 79.9. The smallest absolute Gasteiger partial charge is 0.333 e. The maximum atomic E-state index is 11.5. The zero-order chi connectivity index (χ0) is 14.5. The molecule has 0 unspecified atom stereocenters. The van der Waals surface area contributed by atoms with Gasteiger partial charge in [-0.1, -0.05) is 42.6 Å². The van der Waals surface area contributed by atoms with Gasteiger partial charge < -0.3 is 15.1 Å². The second-order valence-electron chi connectivity index (χ2n) is 5.09. The molecule has 0 aliphatic heterocycles. The van der Waals surface area contributed by atoms with E-state index in [-0.39, 0.29) is 22.5 Å². The van der Waals surface area contributed by atoms with Crippen molar-refractivity contribution < 1.29 is 19.8 Å². The Bertz CT molecular complexity index is 403. The molecule has 0 fully saturated rings. The minimum Gasteiger partial charge on any atom is -0.492 e. The lowest BCUT2D eigenvalue weighted by Gasteiger charge is -2.15. The van der Waals surface area contributed by atoms with E-state index in [9.17, 15) is 15.0 Å². The SMILES string of the molecule is CC(C)(Br)CCCCCC(=O)On1c(O)ccc1O. The summed E-state index contributed by atoms with van der Waals surface area (Å²) < 4.78 is 0.847. The molecular formula is C13H20BrNO4. The van der Waals surface area contributed by atoms with E-state index >= 15 is 0 Å². The molecule has 0 saturated heterocycles. The molecule has 0 aromatic carbocycles. The van der Waals surface area contributed by atoms with E-state index in [1.807, 2.05) is 0 Å². The largest absolute Gasteiger partial charge is 0.492 e. The molecule has 0 bridgehead atoms. The van der Waals surface area contributed by atoms with Gasteiger partial charge in [-0.25, -0.2) is 4.79 Å². The lowest BCUT2D eigenvalue weighted by atomic mass is 10.0. The molecule has 1 aromatic rings. The number of nitrogens with zero attached hydrogens (tertiary/aromatic N) is 1. The lowest BCUT2D eigenvalue weighted by Crippen LogP contribution is -2.18. The van der Waals surface area contributed by atoms with E-state index < -0.39 is 5.97 Å². The Balaban J connectivity index is 2.22. The van der Waals surface area contributed by atoms with Crippen molar-refractivity contribution >= 4 is 21.9 Å². The van der Waals surface area contributed by atoms with Crippen LogP contribution in [0.3, 0.4) is 0 Å². The molecule has 108 valence electrons. The van der Waals surface area contributed by atoms with E-state index in [2.05, 4.69) is 29.8 Å². The van der Waals surface area contributed by atoms with Gasteiger partial charge >= 0.3 is 5.97 Å². The number of halogens is 1. The minimum absolute atomic E-state index is 0.135. The summed E-state index contributed by atoms with van der Waals surface area (Å²) in [5, 5.41) is 18.6. The molecule has 0 amide bonds. The predicted octanol–water partition coefficient (Wildman–Crippen LogP) is 2.98. The van der Waals surface area contributed by atoms with E-state index in [4.69, 9.17) is 4.84 Å². The fourth-order valence-corrected chi connectivity index (χ4v) is 1.91. The number of alkyl halides is 1. The molecule has 1 rings (SSSR count). The Labute approximate surface area is 121 Å². The van der Waals surface area contributed by atoms with Crippen LogP contribution in [0.5, 0.6) is 11.8 Å². The molecule has 19 heavy (non-hydrogen) atoms. The topological polar surface area (TPSA) is 71.7 Å². The first-order valence-corrected chi connectivity index (χ1v) is 7.09. The van der Waals surface area contributed by atoms with E-state index in [0.29, 0.717) is 4.73 Å². The van der Waals surface area contributed by atoms with Crippen molar-refractivity contribution in [2.24, 2.45) is 0 Å². The normalized spacial score (nSPS) is 11.5. The van der Waals surface area contributed by atoms with Crippen molar-refractivity contribution in [2.75, 3.05) is 0 Å². The van der Waals surface area contributed by atoms with Crippen molar-refractivity contribution in [1.82, 2.24) is 4.73 Å². The molecule has 0 aliphatic carbocycles. The minimum atomic E-state index is -0.472. The number of aromatic nitrogens is 1. The van der Waals surface area contributed by atoms with E-state index in [1.165, 1.54) is 12.1 Å². The quantitative estimate of drug-likeness (QED) is 0.594. The summed E-state index contributed by atoms with van der Waals surface area (Å²) in [4.78, 5) is 16.3. The van der Waals surface area contributed by atoms with Crippen LogP contribution in [-0.2, 0) is 4.79 Å². The van der Waals surface area contributed by atoms with Crippen molar-refractivity contribution in [3.8, 4) is 11.8 Å². The Morgan fingerprint density at radius 1 is 1.26 bits per heavy atom. The van der Waals surface area contributed by atoms with Gasteiger partial charge in [-0.05, 0) is 12.8 Å². The number of hydrogen-bond donors (Lipinski definition) is 2. The molecule has 0 atom stereocenters. The van der Waals surface area contributed by atoms with Crippen LogP contribution in [0.1, 0.15) is 46.0 Å². The number of hydrogen-bond acceptors (Lipinski definition) is 4. The van der Waals surface area contributed by atoms with E-state index in [0.717, 1.165) is 25.7 Å². The first-order valence-electron chi connectivity index (χ1n) is 6.29. The van der Waals surface area contributed by atoms with Crippen molar-refractivity contribution in [2.45, 2.75) is 50.3 Å². The van der Waals surface area contributed by atoms with Gasteiger partial charge in [0.15, 0.2) is 0 Å². The molecule has 6 heteroatoms. The molecule has 5 nitrogen and oxygen atoms in total. The zero-order valence-corrected chi connectivity index (χ0v) is 12.8. The predicted molar refractivity (Wildman–Crippen MR) is 75.4 cm³/mol. The molecule has 0 spiro atoms. The van der Waals surface area contributed by atoms with Gasteiger partial charge in [-0.15, -0.1) is 4.73 Å². The second-order valence-corrected chi connectivity index (χ2v) is 7.23. The van der Waals surface area contributed by atoms with Crippen LogP contribution in [0, 0.1) is 0 Å². The maximum Gasteiger partial charge on any atom is 0.333 e. The summed E-state index contributed by atoms with van der Waals surface area (Å²) in [6.07, 6.45) is 4.00. The van der Waals surface area contributed by atoms with Crippen LogP contribution in [-0.4, -0.2) is 25.2 Å². The number of aromatic hydroxyl groups is 2. The molecule has 0 saturated carbocycles. The molecule has 0 radical (unpaired) electrons. The molecule has 1 aromatic heterocycles. The van der Waals surface area contributed by atoms with Gasteiger partial charge in [0.25, 0.3) is 0 Å². The average molecular weight is 334 g/mol. The van der Waals surface area contributed by atoms with Crippen molar-refractivity contribution in [1.29, 1.82) is 0 Å². The Kier molecular flexibility index (Phi) is 5.72. The Morgan fingerprint density at radius 3 is 2.37 bits per heavy atom. The molecule has 1 heterocycles. The molecule has 0 aliphatic rings. The fourth-order valence-electron chi connectivity index (χ4n) is 1.63. The van der Waals surface area contributed by atoms with Gasteiger partial charge in [-0.2, -0.15) is 0 Å². The highest BCUT2D eigenvalue weighted by Gasteiger charge is 2.13. The monoisotopic (exact) mass is 333 g/mol. The summed E-state index contributed by atoms with van der Waals surface area (Å²) in [7, 11) is 0. The van der Waals surface area contributed by atoms with Crippen LogP contribution in [0.4, 0.5) is 0 Å². The Morgan fingerprint density at radius 2 is 1.84 bits per heavy atom. The summed E-state index contributed by atoms with van der Waals surface area (Å²) in [6.45, 7) is 4.22. The molecule has 2 N–H and O–H groups in total.